The summed E-state index contributed by atoms with van der Waals surface area (Å²) in [6.45, 7) is 1.41. The summed E-state index contributed by atoms with van der Waals surface area (Å²) in [5.41, 5.74) is 2.15. The molecule has 0 N–H and O–H groups in total. The van der Waals surface area contributed by atoms with Gasteiger partial charge in [-0.05, 0) is 25.2 Å². The molecule has 1 aromatic rings. The van der Waals surface area contributed by atoms with Gasteiger partial charge in [-0.2, -0.15) is 0 Å². The van der Waals surface area contributed by atoms with Gasteiger partial charge in [0.15, 0.2) is 0 Å². The fraction of sp³-hybridized carbons (Fsp3) is 0.500. The monoisotopic (exact) mass is 330 g/mol. The lowest BCUT2D eigenvalue weighted by atomic mass is 10.1. The molecule has 116 valence electrons. The fourth-order valence-electron chi connectivity index (χ4n) is 2.49. The van der Waals surface area contributed by atoms with Crippen LogP contribution in [0.2, 0.25) is 0 Å². The molecule has 0 aromatic heterocycles. The van der Waals surface area contributed by atoms with Crippen LogP contribution in [0.15, 0.2) is 24.3 Å². The van der Waals surface area contributed by atoms with E-state index in [0.29, 0.717) is 6.54 Å². The van der Waals surface area contributed by atoms with Crippen LogP contribution >= 0.6 is 10.7 Å². The highest BCUT2D eigenvalue weighted by Gasteiger charge is 2.37. The number of hydrogen-bond acceptors (Lipinski definition) is 4. The summed E-state index contributed by atoms with van der Waals surface area (Å²) >= 11 is 0. The van der Waals surface area contributed by atoms with E-state index >= 15 is 0 Å². The third kappa shape index (κ3) is 4.43. The Morgan fingerprint density at radius 3 is 2.57 bits per heavy atom. The summed E-state index contributed by atoms with van der Waals surface area (Å²) in [7, 11) is 5.65. The first kappa shape index (κ1) is 16.3. The molecule has 1 amide bonds. The lowest BCUT2D eigenvalue weighted by Crippen LogP contribution is -2.26. The first-order valence-corrected chi connectivity index (χ1v) is 9.07. The molecule has 0 bridgehead atoms. The van der Waals surface area contributed by atoms with Crippen molar-refractivity contribution < 1.29 is 13.2 Å². The van der Waals surface area contributed by atoms with Gasteiger partial charge in [0.25, 0.3) is 0 Å². The van der Waals surface area contributed by atoms with Crippen LogP contribution in [0, 0.1) is 0 Å². The fourth-order valence-corrected chi connectivity index (χ4v) is 3.55. The van der Waals surface area contributed by atoms with E-state index in [1.54, 1.807) is 4.90 Å². The minimum absolute atomic E-state index is 0.0246. The van der Waals surface area contributed by atoms with Crippen LogP contribution in [0.5, 0.6) is 0 Å². The SMILES string of the molecule is CN(C)Cc1cccc(CN2CC(S(=O)(=O)Cl)CC2=O)c1. The molecule has 1 saturated heterocycles. The highest BCUT2D eigenvalue weighted by Crippen LogP contribution is 2.23. The molecule has 0 saturated carbocycles. The van der Waals surface area contributed by atoms with Crippen LogP contribution < -0.4 is 0 Å². The third-order valence-corrected chi connectivity index (χ3v) is 5.31. The summed E-state index contributed by atoms with van der Waals surface area (Å²) in [5.74, 6) is -0.165. The predicted molar refractivity (Wildman–Crippen MR) is 82.4 cm³/mol. The van der Waals surface area contributed by atoms with Crippen LogP contribution in [0.25, 0.3) is 0 Å². The summed E-state index contributed by atoms with van der Waals surface area (Å²) in [5, 5.41) is -0.795. The summed E-state index contributed by atoms with van der Waals surface area (Å²) in [6.07, 6.45) is -0.0246. The topological polar surface area (TPSA) is 57.7 Å². The molecule has 0 spiro atoms. The molecule has 1 atom stereocenters. The molecule has 7 heteroatoms. The van der Waals surface area contributed by atoms with Gasteiger partial charge < -0.3 is 9.80 Å². The Balaban J connectivity index is 2.07. The molecule has 0 radical (unpaired) electrons. The maximum Gasteiger partial charge on any atom is 0.237 e. The zero-order valence-electron chi connectivity index (χ0n) is 12.1. The molecule has 0 aliphatic carbocycles. The quantitative estimate of drug-likeness (QED) is 0.766. The molecule has 1 heterocycles. The van der Waals surface area contributed by atoms with Crippen LogP contribution in [0.1, 0.15) is 17.5 Å². The molecule has 1 unspecified atom stereocenters. The van der Waals surface area contributed by atoms with Gasteiger partial charge in [-0.1, -0.05) is 24.3 Å². The number of halogens is 1. The van der Waals surface area contributed by atoms with E-state index in [2.05, 4.69) is 4.90 Å². The van der Waals surface area contributed by atoms with Crippen molar-refractivity contribution in [1.82, 2.24) is 9.80 Å². The maximum atomic E-state index is 11.9. The minimum Gasteiger partial charge on any atom is -0.337 e. The average molecular weight is 331 g/mol. The Kier molecular flexibility index (Phi) is 4.91. The summed E-state index contributed by atoms with van der Waals surface area (Å²) in [6, 6.07) is 7.95. The average Bonchev–Trinajstić information content (AvgIpc) is 2.70. The van der Waals surface area contributed by atoms with E-state index in [1.807, 2.05) is 38.4 Å². The van der Waals surface area contributed by atoms with Crippen LogP contribution in [-0.4, -0.2) is 50.0 Å². The molecular formula is C14H19ClN2O3S. The van der Waals surface area contributed by atoms with Crippen molar-refractivity contribution in [3.05, 3.63) is 35.4 Å². The van der Waals surface area contributed by atoms with Gasteiger partial charge in [-0.25, -0.2) is 8.42 Å². The van der Waals surface area contributed by atoms with Crippen LogP contribution in [0.3, 0.4) is 0 Å². The molecule has 5 nitrogen and oxygen atoms in total. The highest BCUT2D eigenvalue weighted by atomic mass is 35.7. The molecular weight excluding hydrogens is 312 g/mol. The minimum atomic E-state index is -3.68. The number of rotatable bonds is 5. The van der Waals surface area contributed by atoms with Crippen molar-refractivity contribution >= 4 is 25.6 Å². The molecule has 21 heavy (non-hydrogen) atoms. The number of carbonyl (C=O) groups excluding carboxylic acids is 1. The Hall–Kier alpha value is -1.11. The Bertz CT molecular complexity index is 631. The Morgan fingerprint density at radius 2 is 2.00 bits per heavy atom. The first-order chi connectivity index (χ1) is 9.75. The molecule has 1 aliphatic heterocycles. The maximum absolute atomic E-state index is 11.9. The number of carbonyl (C=O) groups is 1. The Labute approximate surface area is 129 Å². The molecule has 1 fully saturated rings. The zero-order valence-corrected chi connectivity index (χ0v) is 13.7. The van der Waals surface area contributed by atoms with E-state index in [4.69, 9.17) is 10.7 Å². The second kappa shape index (κ2) is 6.34. The van der Waals surface area contributed by atoms with Crippen molar-refractivity contribution in [3.63, 3.8) is 0 Å². The lowest BCUT2D eigenvalue weighted by molar-refractivity contribution is -0.128. The number of likely N-dealkylation sites (tertiary alicyclic amines) is 1. The smallest absolute Gasteiger partial charge is 0.237 e. The molecule has 1 aromatic carbocycles. The normalized spacial score (nSPS) is 19.5. The summed E-state index contributed by atoms with van der Waals surface area (Å²) < 4.78 is 22.7. The van der Waals surface area contributed by atoms with E-state index in [0.717, 1.165) is 17.7 Å². The zero-order chi connectivity index (χ0) is 15.6. The van der Waals surface area contributed by atoms with Gasteiger partial charge in [0, 0.05) is 36.7 Å². The molecule has 1 aliphatic rings. The largest absolute Gasteiger partial charge is 0.337 e. The predicted octanol–water partition coefficient (Wildman–Crippen LogP) is 1.42. The van der Waals surface area contributed by atoms with E-state index < -0.39 is 14.3 Å². The van der Waals surface area contributed by atoms with Crippen molar-refractivity contribution in [1.29, 1.82) is 0 Å². The highest BCUT2D eigenvalue weighted by molar-refractivity contribution is 8.14. The standard InChI is InChI=1S/C14H19ClN2O3S/c1-16(2)8-11-4-3-5-12(6-11)9-17-10-13(7-14(17)18)21(15,19)20/h3-6,13H,7-10H2,1-2H3. The van der Waals surface area contributed by atoms with Gasteiger partial charge in [-0.15, -0.1) is 0 Å². The van der Waals surface area contributed by atoms with Crippen molar-refractivity contribution in [2.45, 2.75) is 24.8 Å². The van der Waals surface area contributed by atoms with E-state index in [1.165, 1.54) is 0 Å². The van der Waals surface area contributed by atoms with Gasteiger partial charge in [0.1, 0.15) is 5.25 Å². The van der Waals surface area contributed by atoms with E-state index in [-0.39, 0.29) is 18.9 Å². The number of hydrogen-bond donors (Lipinski definition) is 0. The number of benzene rings is 1. The van der Waals surface area contributed by atoms with Crippen molar-refractivity contribution in [2.75, 3.05) is 20.6 Å². The summed E-state index contributed by atoms with van der Waals surface area (Å²) in [4.78, 5) is 15.5. The van der Waals surface area contributed by atoms with Crippen molar-refractivity contribution in [3.8, 4) is 0 Å². The van der Waals surface area contributed by atoms with E-state index in [9.17, 15) is 13.2 Å². The second-order valence-electron chi connectivity index (χ2n) is 5.63. The lowest BCUT2D eigenvalue weighted by Gasteiger charge is -2.17. The van der Waals surface area contributed by atoms with Crippen LogP contribution in [0.4, 0.5) is 0 Å². The first-order valence-electron chi connectivity index (χ1n) is 6.69. The Morgan fingerprint density at radius 1 is 1.33 bits per heavy atom. The van der Waals surface area contributed by atoms with Gasteiger partial charge in [0.05, 0.1) is 0 Å². The van der Waals surface area contributed by atoms with Gasteiger partial charge in [0.2, 0.25) is 15.0 Å². The number of nitrogens with zero attached hydrogens (tertiary/aromatic N) is 2. The third-order valence-electron chi connectivity index (χ3n) is 3.44. The molecule has 2 rings (SSSR count). The van der Waals surface area contributed by atoms with Crippen molar-refractivity contribution in [2.24, 2.45) is 0 Å². The van der Waals surface area contributed by atoms with Gasteiger partial charge in [-0.3, -0.25) is 4.79 Å². The van der Waals surface area contributed by atoms with Crippen LogP contribution in [-0.2, 0) is 26.9 Å². The number of amides is 1. The van der Waals surface area contributed by atoms with Gasteiger partial charge >= 0.3 is 0 Å². The second-order valence-corrected chi connectivity index (χ2v) is 8.54.